The van der Waals surface area contributed by atoms with Gasteiger partial charge in [-0.1, -0.05) is 31.5 Å². The highest BCUT2D eigenvalue weighted by molar-refractivity contribution is 5.22. The molecule has 1 aliphatic carbocycles. The van der Waals surface area contributed by atoms with Crippen LogP contribution in [0.2, 0.25) is 0 Å². The zero-order valence-electron chi connectivity index (χ0n) is 10.2. The van der Waals surface area contributed by atoms with E-state index in [1.165, 1.54) is 6.07 Å². The lowest BCUT2D eigenvalue weighted by molar-refractivity contribution is 0.375. The van der Waals surface area contributed by atoms with Gasteiger partial charge in [0.05, 0.1) is 11.5 Å². The Morgan fingerprint density at radius 3 is 2.82 bits per heavy atom. The smallest absolute Gasteiger partial charge is 0.126 e. The van der Waals surface area contributed by atoms with E-state index in [-0.39, 0.29) is 11.2 Å². The summed E-state index contributed by atoms with van der Waals surface area (Å²) in [6.45, 7) is 2.17. The van der Waals surface area contributed by atoms with Crippen LogP contribution in [0, 0.1) is 28.5 Å². The van der Waals surface area contributed by atoms with Crippen LogP contribution in [0.25, 0.3) is 0 Å². The summed E-state index contributed by atoms with van der Waals surface area (Å²) in [5.41, 5.74) is 0.355. The molecule has 90 valence electrons. The molecule has 0 spiro atoms. The summed E-state index contributed by atoms with van der Waals surface area (Å²) < 4.78 is 13.6. The van der Waals surface area contributed by atoms with E-state index in [0.717, 1.165) is 25.7 Å². The topological polar surface area (TPSA) is 23.8 Å². The van der Waals surface area contributed by atoms with Crippen molar-refractivity contribution in [3.63, 3.8) is 0 Å². The van der Waals surface area contributed by atoms with Gasteiger partial charge in [0, 0.05) is 0 Å². The molecule has 0 saturated heterocycles. The Hall–Kier alpha value is -1.36. The number of rotatable bonds is 3. The SMILES string of the molecule is CCC1CCC(C#N)(Cc2ccccc2F)C1. The van der Waals surface area contributed by atoms with Crippen molar-refractivity contribution >= 4 is 0 Å². The van der Waals surface area contributed by atoms with E-state index in [0.29, 0.717) is 17.9 Å². The molecule has 0 aliphatic heterocycles. The van der Waals surface area contributed by atoms with Crippen molar-refractivity contribution in [2.24, 2.45) is 11.3 Å². The molecule has 1 saturated carbocycles. The predicted molar refractivity (Wildman–Crippen MR) is 65.8 cm³/mol. The van der Waals surface area contributed by atoms with Gasteiger partial charge in [0.2, 0.25) is 0 Å². The van der Waals surface area contributed by atoms with Crippen LogP contribution in [0.15, 0.2) is 24.3 Å². The maximum Gasteiger partial charge on any atom is 0.126 e. The Morgan fingerprint density at radius 1 is 1.47 bits per heavy atom. The van der Waals surface area contributed by atoms with Crippen molar-refractivity contribution in [1.29, 1.82) is 5.26 Å². The monoisotopic (exact) mass is 231 g/mol. The Morgan fingerprint density at radius 2 is 2.24 bits per heavy atom. The number of hydrogen-bond donors (Lipinski definition) is 0. The summed E-state index contributed by atoms with van der Waals surface area (Å²) in [4.78, 5) is 0. The van der Waals surface area contributed by atoms with Gasteiger partial charge < -0.3 is 0 Å². The average Bonchev–Trinajstić information content (AvgIpc) is 2.76. The van der Waals surface area contributed by atoms with E-state index in [1.54, 1.807) is 12.1 Å². The van der Waals surface area contributed by atoms with Gasteiger partial charge in [0.15, 0.2) is 0 Å². The molecule has 0 N–H and O–H groups in total. The van der Waals surface area contributed by atoms with Crippen LogP contribution in [-0.4, -0.2) is 0 Å². The zero-order chi connectivity index (χ0) is 12.3. The molecule has 2 heteroatoms. The van der Waals surface area contributed by atoms with E-state index in [4.69, 9.17) is 0 Å². The first-order valence-corrected chi connectivity index (χ1v) is 6.34. The van der Waals surface area contributed by atoms with Crippen LogP contribution >= 0.6 is 0 Å². The first-order valence-electron chi connectivity index (χ1n) is 6.34. The van der Waals surface area contributed by atoms with Gasteiger partial charge in [0.25, 0.3) is 0 Å². The quantitative estimate of drug-likeness (QED) is 0.768. The minimum absolute atomic E-state index is 0.179. The van der Waals surface area contributed by atoms with E-state index < -0.39 is 0 Å². The second kappa shape index (κ2) is 4.87. The molecule has 0 radical (unpaired) electrons. The molecule has 1 nitrogen and oxygen atoms in total. The van der Waals surface area contributed by atoms with Crippen LogP contribution in [0.1, 0.15) is 38.2 Å². The van der Waals surface area contributed by atoms with Crippen molar-refractivity contribution in [2.45, 2.75) is 39.0 Å². The number of nitriles is 1. The van der Waals surface area contributed by atoms with Gasteiger partial charge in [-0.2, -0.15) is 5.26 Å². The normalized spacial score (nSPS) is 27.9. The van der Waals surface area contributed by atoms with Crippen LogP contribution < -0.4 is 0 Å². The predicted octanol–water partition coefficient (Wildman–Crippen LogP) is 4.09. The molecule has 1 aliphatic rings. The molecule has 0 heterocycles. The summed E-state index contributed by atoms with van der Waals surface area (Å²) >= 11 is 0. The van der Waals surface area contributed by atoms with Crippen LogP contribution in [0.4, 0.5) is 4.39 Å². The molecule has 17 heavy (non-hydrogen) atoms. The minimum atomic E-state index is -0.330. The Kier molecular flexibility index (Phi) is 3.47. The summed E-state index contributed by atoms with van der Waals surface area (Å²) in [6, 6.07) is 9.27. The highest BCUT2D eigenvalue weighted by Gasteiger charge is 2.39. The van der Waals surface area contributed by atoms with Crippen LogP contribution in [-0.2, 0) is 6.42 Å². The maximum absolute atomic E-state index is 13.6. The van der Waals surface area contributed by atoms with Crippen LogP contribution in [0.3, 0.4) is 0 Å². The Bertz CT molecular complexity index is 435. The molecule has 0 bridgehead atoms. The number of hydrogen-bond acceptors (Lipinski definition) is 1. The van der Waals surface area contributed by atoms with Crippen molar-refractivity contribution in [1.82, 2.24) is 0 Å². The third kappa shape index (κ3) is 2.49. The largest absolute Gasteiger partial charge is 0.207 e. The Balaban J connectivity index is 2.17. The first-order chi connectivity index (χ1) is 8.19. The summed E-state index contributed by atoms with van der Waals surface area (Å²) in [7, 11) is 0. The van der Waals surface area contributed by atoms with E-state index in [9.17, 15) is 9.65 Å². The van der Waals surface area contributed by atoms with E-state index in [2.05, 4.69) is 13.0 Å². The summed E-state index contributed by atoms with van der Waals surface area (Å²) in [5, 5.41) is 9.41. The highest BCUT2D eigenvalue weighted by atomic mass is 19.1. The fraction of sp³-hybridized carbons (Fsp3) is 0.533. The van der Waals surface area contributed by atoms with Gasteiger partial charge in [-0.25, -0.2) is 4.39 Å². The van der Waals surface area contributed by atoms with Gasteiger partial charge in [-0.05, 0) is 43.2 Å². The van der Waals surface area contributed by atoms with Gasteiger partial charge in [-0.3, -0.25) is 0 Å². The fourth-order valence-corrected chi connectivity index (χ4v) is 2.89. The van der Waals surface area contributed by atoms with Crippen molar-refractivity contribution in [3.05, 3.63) is 35.6 Å². The third-order valence-electron chi connectivity index (χ3n) is 4.01. The molecule has 1 aromatic carbocycles. The lowest BCUT2D eigenvalue weighted by Crippen LogP contribution is -2.18. The number of benzene rings is 1. The second-order valence-corrected chi connectivity index (χ2v) is 5.18. The number of halogens is 1. The molecular formula is C15H18FN. The van der Waals surface area contributed by atoms with Crippen molar-refractivity contribution in [3.8, 4) is 6.07 Å². The highest BCUT2D eigenvalue weighted by Crippen LogP contribution is 2.45. The summed E-state index contributed by atoms with van der Waals surface area (Å²) in [6.07, 6.45) is 4.64. The lowest BCUT2D eigenvalue weighted by Gasteiger charge is -2.21. The maximum atomic E-state index is 13.6. The molecule has 2 rings (SSSR count). The second-order valence-electron chi connectivity index (χ2n) is 5.18. The molecule has 1 fully saturated rings. The summed E-state index contributed by atoms with van der Waals surface area (Å²) in [5.74, 6) is 0.462. The molecule has 0 aromatic heterocycles. The van der Waals surface area contributed by atoms with Gasteiger partial charge in [0.1, 0.15) is 5.82 Å². The zero-order valence-corrected chi connectivity index (χ0v) is 10.2. The molecular weight excluding hydrogens is 213 g/mol. The average molecular weight is 231 g/mol. The van der Waals surface area contributed by atoms with E-state index >= 15 is 0 Å². The Labute approximate surface area is 102 Å². The van der Waals surface area contributed by atoms with Gasteiger partial charge in [-0.15, -0.1) is 0 Å². The van der Waals surface area contributed by atoms with Gasteiger partial charge >= 0.3 is 0 Å². The molecule has 0 amide bonds. The minimum Gasteiger partial charge on any atom is -0.207 e. The molecule has 1 aromatic rings. The van der Waals surface area contributed by atoms with Crippen molar-refractivity contribution in [2.75, 3.05) is 0 Å². The lowest BCUT2D eigenvalue weighted by atomic mass is 9.80. The fourth-order valence-electron chi connectivity index (χ4n) is 2.89. The molecule has 2 atom stereocenters. The standard InChI is InChI=1S/C15H18FN/c1-2-12-7-8-15(9-12,11-17)10-13-5-3-4-6-14(13)16/h3-6,12H,2,7-10H2,1H3. The van der Waals surface area contributed by atoms with Crippen LogP contribution in [0.5, 0.6) is 0 Å². The van der Waals surface area contributed by atoms with E-state index in [1.807, 2.05) is 6.07 Å². The molecule has 2 unspecified atom stereocenters. The van der Waals surface area contributed by atoms with Crippen molar-refractivity contribution < 1.29 is 4.39 Å². The third-order valence-corrected chi connectivity index (χ3v) is 4.01. The number of nitrogens with zero attached hydrogens (tertiary/aromatic N) is 1. The first kappa shape index (κ1) is 12.1.